The van der Waals surface area contributed by atoms with Gasteiger partial charge in [0.05, 0.1) is 0 Å². The number of carbonyl (C=O) groups is 2. The van der Waals surface area contributed by atoms with E-state index in [-0.39, 0.29) is 23.4 Å². The largest absolute Gasteiger partial charge is 0.362 e. The normalized spacial score (nSPS) is 19.8. The molecule has 0 saturated heterocycles. The first-order valence-corrected chi connectivity index (χ1v) is 11.8. The molecule has 0 fully saturated rings. The van der Waals surface area contributed by atoms with Crippen molar-refractivity contribution in [1.82, 2.24) is 5.32 Å². The second-order valence-electron chi connectivity index (χ2n) is 9.30. The number of anilines is 1. The van der Waals surface area contributed by atoms with Gasteiger partial charge in [-0.25, -0.2) is 4.39 Å². The van der Waals surface area contributed by atoms with E-state index in [0.29, 0.717) is 29.7 Å². The third kappa shape index (κ3) is 4.54. The Labute approximate surface area is 204 Å². The summed E-state index contributed by atoms with van der Waals surface area (Å²) >= 11 is 0. The van der Waals surface area contributed by atoms with Gasteiger partial charge in [-0.2, -0.15) is 0 Å². The molecule has 3 aromatic rings. The molecule has 2 N–H and O–H groups in total. The van der Waals surface area contributed by atoms with E-state index < -0.39 is 5.92 Å². The molecule has 1 amide bonds. The second kappa shape index (κ2) is 9.34. The van der Waals surface area contributed by atoms with E-state index >= 15 is 0 Å². The number of dihydropyridines is 1. The molecule has 5 rings (SSSR count). The van der Waals surface area contributed by atoms with Crippen LogP contribution in [-0.4, -0.2) is 11.7 Å². The van der Waals surface area contributed by atoms with Crippen LogP contribution >= 0.6 is 0 Å². The molecule has 176 valence electrons. The molecule has 0 bridgehead atoms. The summed E-state index contributed by atoms with van der Waals surface area (Å²) < 4.78 is 13.4. The fourth-order valence-electron chi connectivity index (χ4n) is 5.12. The zero-order valence-corrected chi connectivity index (χ0v) is 19.8. The molecular formula is C30H27FN2O2. The molecule has 2 atom stereocenters. The summed E-state index contributed by atoms with van der Waals surface area (Å²) in [5.41, 5.74) is 6.42. The van der Waals surface area contributed by atoms with Gasteiger partial charge in [0, 0.05) is 40.6 Å². The highest BCUT2D eigenvalue weighted by Gasteiger charge is 2.40. The first-order chi connectivity index (χ1) is 16.9. The highest BCUT2D eigenvalue weighted by atomic mass is 19.1. The van der Waals surface area contributed by atoms with Crippen molar-refractivity contribution in [3.05, 3.63) is 124 Å². The lowest BCUT2D eigenvalue weighted by molar-refractivity contribution is -0.116. The van der Waals surface area contributed by atoms with E-state index in [1.54, 1.807) is 0 Å². The molecule has 0 unspecified atom stereocenters. The van der Waals surface area contributed by atoms with Gasteiger partial charge < -0.3 is 10.6 Å². The minimum atomic E-state index is -0.475. The molecule has 1 aliphatic heterocycles. The number of Topliss-reactive ketones (excluding diaryl/α,β-unsaturated/α-hetero) is 1. The molecular weight excluding hydrogens is 439 g/mol. The second-order valence-corrected chi connectivity index (χ2v) is 9.30. The first-order valence-electron chi connectivity index (χ1n) is 11.8. The Balaban J connectivity index is 1.55. The minimum absolute atomic E-state index is 0.0535. The maximum Gasteiger partial charge on any atom is 0.254 e. The number of aryl methyl sites for hydroxylation is 1. The Morgan fingerprint density at radius 2 is 1.57 bits per heavy atom. The maximum absolute atomic E-state index is 13.6. The molecule has 0 spiro atoms. The first kappa shape index (κ1) is 22.8. The van der Waals surface area contributed by atoms with Gasteiger partial charge >= 0.3 is 0 Å². The maximum atomic E-state index is 13.6. The van der Waals surface area contributed by atoms with Crippen molar-refractivity contribution in [2.24, 2.45) is 0 Å². The van der Waals surface area contributed by atoms with Crippen molar-refractivity contribution in [1.29, 1.82) is 0 Å². The van der Waals surface area contributed by atoms with Crippen LogP contribution in [0.3, 0.4) is 0 Å². The van der Waals surface area contributed by atoms with Crippen molar-refractivity contribution in [2.45, 2.75) is 38.5 Å². The van der Waals surface area contributed by atoms with Gasteiger partial charge in [0.25, 0.3) is 5.91 Å². The van der Waals surface area contributed by atoms with Crippen molar-refractivity contribution in [2.75, 3.05) is 5.32 Å². The van der Waals surface area contributed by atoms with Crippen LogP contribution in [0.1, 0.15) is 48.3 Å². The number of hydrogen-bond donors (Lipinski definition) is 2. The van der Waals surface area contributed by atoms with Crippen LogP contribution in [0.15, 0.2) is 101 Å². The van der Waals surface area contributed by atoms with E-state index in [0.717, 1.165) is 28.1 Å². The van der Waals surface area contributed by atoms with Gasteiger partial charge in [-0.3, -0.25) is 9.59 Å². The average molecular weight is 467 g/mol. The molecule has 3 aromatic carbocycles. The SMILES string of the molecule is CC1=C(C(=O)Nc2ccc(F)cc2)[C@@H](c2ccc(C)cc2)C2=C(C[C@@H](c3ccccc3)CC2=O)N1. The van der Waals surface area contributed by atoms with Gasteiger partial charge in [-0.15, -0.1) is 0 Å². The number of ketones is 1. The Morgan fingerprint density at radius 3 is 2.26 bits per heavy atom. The number of nitrogens with one attached hydrogen (secondary N) is 2. The van der Waals surface area contributed by atoms with Gasteiger partial charge in [-0.05, 0) is 61.6 Å². The number of hydrogen-bond acceptors (Lipinski definition) is 3. The zero-order valence-electron chi connectivity index (χ0n) is 19.8. The van der Waals surface area contributed by atoms with Crippen LogP contribution in [0.4, 0.5) is 10.1 Å². The number of rotatable bonds is 4. The zero-order chi connectivity index (χ0) is 24.5. The lowest BCUT2D eigenvalue weighted by Gasteiger charge is -2.37. The Morgan fingerprint density at radius 1 is 0.886 bits per heavy atom. The standard InChI is InChI=1S/C30H27FN2O2/c1-18-8-10-21(11-9-18)28-27(30(35)33-24-14-12-23(31)13-15-24)19(2)32-25-16-22(17-26(34)29(25)28)20-6-4-3-5-7-20/h3-15,22,28,32H,16-17H2,1-2H3,(H,33,35)/t22-,28-/m1/s1. The minimum Gasteiger partial charge on any atom is -0.362 e. The summed E-state index contributed by atoms with van der Waals surface area (Å²) in [7, 11) is 0. The van der Waals surface area contributed by atoms with Gasteiger partial charge in [0.15, 0.2) is 5.78 Å². The molecule has 0 radical (unpaired) electrons. The van der Waals surface area contributed by atoms with E-state index in [4.69, 9.17) is 0 Å². The van der Waals surface area contributed by atoms with E-state index in [2.05, 4.69) is 22.8 Å². The van der Waals surface area contributed by atoms with Gasteiger partial charge in [-0.1, -0.05) is 60.2 Å². The predicted molar refractivity (Wildman–Crippen MR) is 135 cm³/mol. The topological polar surface area (TPSA) is 58.2 Å². The van der Waals surface area contributed by atoms with Crippen LogP contribution in [-0.2, 0) is 9.59 Å². The molecule has 5 heteroatoms. The smallest absolute Gasteiger partial charge is 0.254 e. The van der Waals surface area contributed by atoms with Crippen LogP contribution in [0.2, 0.25) is 0 Å². The summed E-state index contributed by atoms with van der Waals surface area (Å²) in [5, 5.41) is 6.29. The van der Waals surface area contributed by atoms with Gasteiger partial charge in [0.2, 0.25) is 0 Å². The van der Waals surface area contributed by atoms with Gasteiger partial charge in [0.1, 0.15) is 5.82 Å². The number of allylic oxidation sites excluding steroid dienone is 3. The lowest BCUT2D eigenvalue weighted by Crippen LogP contribution is -2.37. The van der Waals surface area contributed by atoms with Crippen LogP contribution in [0, 0.1) is 12.7 Å². The van der Waals surface area contributed by atoms with Crippen LogP contribution in [0.5, 0.6) is 0 Å². The third-order valence-electron chi connectivity index (χ3n) is 6.86. The molecule has 1 aliphatic carbocycles. The predicted octanol–water partition coefficient (Wildman–Crippen LogP) is 6.13. The highest BCUT2D eigenvalue weighted by molar-refractivity contribution is 6.10. The van der Waals surface area contributed by atoms with Crippen molar-refractivity contribution < 1.29 is 14.0 Å². The summed E-state index contributed by atoms with van der Waals surface area (Å²) in [5.74, 6) is -1.01. The summed E-state index contributed by atoms with van der Waals surface area (Å²) in [6.07, 6.45) is 1.11. The summed E-state index contributed by atoms with van der Waals surface area (Å²) in [6.45, 7) is 3.89. The Hall–Kier alpha value is -3.99. The Bertz CT molecular complexity index is 1340. The number of carbonyl (C=O) groups excluding carboxylic acids is 2. The van der Waals surface area contributed by atoms with Crippen LogP contribution in [0.25, 0.3) is 0 Å². The fourth-order valence-corrected chi connectivity index (χ4v) is 5.12. The third-order valence-corrected chi connectivity index (χ3v) is 6.86. The molecule has 35 heavy (non-hydrogen) atoms. The van der Waals surface area contributed by atoms with E-state index in [1.807, 2.05) is 56.3 Å². The van der Waals surface area contributed by atoms with Crippen molar-refractivity contribution >= 4 is 17.4 Å². The quantitative estimate of drug-likeness (QED) is 0.486. The molecule has 1 heterocycles. The van der Waals surface area contributed by atoms with Crippen LogP contribution < -0.4 is 10.6 Å². The number of halogens is 1. The fraction of sp³-hybridized carbons (Fsp3) is 0.200. The molecule has 2 aliphatic rings. The molecule has 4 nitrogen and oxygen atoms in total. The van der Waals surface area contributed by atoms with E-state index in [1.165, 1.54) is 24.3 Å². The molecule has 0 aromatic heterocycles. The van der Waals surface area contributed by atoms with E-state index in [9.17, 15) is 14.0 Å². The Kier molecular flexibility index (Phi) is 6.08. The monoisotopic (exact) mass is 466 g/mol. The number of amides is 1. The lowest BCUT2D eigenvalue weighted by atomic mass is 9.71. The number of benzene rings is 3. The summed E-state index contributed by atoms with van der Waals surface area (Å²) in [4.78, 5) is 27.2. The molecule has 0 saturated carbocycles. The average Bonchev–Trinajstić information content (AvgIpc) is 2.85. The highest BCUT2D eigenvalue weighted by Crippen LogP contribution is 2.45. The van der Waals surface area contributed by atoms with Crippen molar-refractivity contribution in [3.63, 3.8) is 0 Å². The van der Waals surface area contributed by atoms with Crippen molar-refractivity contribution in [3.8, 4) is 0 Å². The summed E-state index contributed by atoms with van der Waals surface area (Å²) in [6, 6.07) is 23.8.